The van der Waals surface area contributed by atoms with E-state index in [-0.39, 0.29) is 10.5 Å². The summed E-state index contributed by atoms with van der Waals surface area (Å²) in [6.45, 7) is 4.66. The summed E-state index contributed by atoms with van der Waals surface area (Å²) in [6.07, 6.45) is 0. The second-order valence-electron chi connectivity index (χ2n) is 6.23. The van der Waals surface area contributed by atoms with E-state index in [9.17, 15) is 18.0 Å². The molecule has 2 N–H and O–H groups in total. The monoisotopic (exact) mass is 375 g/mol. The number of hydrogen-bond acceptors (Lipinski definition) is 4. The van der Waals surface area contributed by atoms with Gasteiger partial charge >= 0.3 is 5.97 Å². The zero-order valence-corrected chi connectivity index (χ0v) is 15.6. The Hall–Kier alpha value is -2.67. The zero-order chi connectivity index (χ0) is 19.5. The van der Waals surface area contributed by atoms with E-state index in [0.717, 1.165) is 0 Å². The molecular weight excluding hydrogens is 354 g/mol. The summed E-state index contributed by atoms with van der Waals surface area (Å²) in [7, 11) is -3.62. The third kappa shape index (κ3) is 4.11. The number of anilines is 1. The maximum atomic E-state index is 12.6. The van der Waals surface area contributed by atoms with E-state index in [1.807, 2.05) is 0 Å². The van der Waals surface area contributed by atoms with Crippen molar-refractivity contribution in [2.24, 2.45) is 0 Å². The normalized spacial score (nSPS) is 12.6. The zero-order valence-electron chi connectivity index (χ0n) is 14.8. The van der Waals surface area contributed by atoms with Crippen molar-refractivity contribution in [3.63, 3.8) is 0 Å². The predicted molar refractivity (Wildman–Crippen MR) is 99.2 cm³/mol. The molecule has 2 aromatic carbocycles. The molecule has 0 spiro atoms. The number of amides is 1. The van der Waals surface area contributed by atoms with Crippen LogP contribution in [0.4, 0.5) is 5.69 Å². The lowest BCUT2D eigenvalue weighted by molar-refractivity contribution is -0.138. The molecule has 0 saturated heterocycles. The number of nitrogens with one attached hydrogen (secondary N) is 1. The number of benzene rings is 2. The molecule has 2 rings (SSSR count). The highest BCUT2D eigenvalue weighted by Crippen LogP contribution is 2.23. The maximum absolute atomic E-state index is 12.6. The lowest BCUT2D eigenvalue weighted by Crippen LogP contribution is -2.21. The van der Waals surface area contributed by atoms with Crippen LogP contribution in [0.3, 0.4) is 0 Å². The van der Waals surface area contributed by atoms with E-state index >= 15 is 0 Å². The fourth-order valence-electron chi connectivity index (χ4n) is 2.38. The summed E-state index contributed by atoms with van der Waals surface area (Å²) in [6, 6.07) is 12.5. The number of carboxylic acid groups (broad SMARTS) is 1. The van der Waals surface area contributed by atoms with Crippen LogP contribution in [0.25, 0.3) is 0 Å². The first-order valence-electron chi connectivity index (χ1n) is 8.11. The van der Waals surface area contributed by atoms with Crippen molar-refractivity contribution in [3.05, 3.63) is 59.7 Å². The van der Waals surface area contributed by atoms with Gasteiger partial charge in [-0.15, -0.1) is 0 Å². The molecule has 0 aromatic heterocycles. The molecule has 0 aliphatic heterocycles. The highest BCUT2D eigenvalue weighted by Gasteiger charge is 2.25. The Bertz CT molecular complexity index is 934. The maximum Gasteiger partial charge on any atom is 0.310 e. The van der Waals surface area contributed by atoms with E-state index in [0.29, 0.717) is 11.3 Å². The standard InChI is InChI=1S/C19H21NO5S/c1-12(2)26(24,25)17-10-5-4-9-16(17)18(21)20-15-8-6-7-14(11-15)13(3)19(22)23/h4-13H,1-3H3,(H,20,21)(H,22,23). The largest absolute Gasteiger partial charge is 0.481 e. The summed E-state index contributed by atoms with van der Waals surface area (Å²) in [5, 5.41) is 11.1. The quantitative estimate of drug-likeness (QED) is 0.807. The minimum atomic E-state index is -3.62. The highest BCUT2D eigenvalue weighted by atomic mass is 32.2. The molecule has 0 bridgehead atoms. The van der Waals surface area contributed by atoms with Crippen LogP contribution in [-0.2, 0) is 14.6 Å². The Morgan fingerprint density at radius 3 is 2.27 bits per heavy atom. The molecule has 0 aliphatic carbocycles. The Balaban J connectivity index is 2.36. The van der Waals surface area contributed by atoms with Crippen LogP contribution in [0.5, 0.6) is 0 Å². The Labute approximate surface area is 152 Å². The van der Waals surface area contributed by atoms with E-state index in [2.05, 4.69) is 5.32 Å². The molecule has 0 aliphatic rings. The van der Waals surface area contributed by atoms with Gasteiger partial charge in [-0.05, 0) is 50.6 Å². The predicted octanol–water partition coefficient (Wildman–Crippen LogP) is 3.31. The van der Waals surface area contributed by atoms with Crippen molar-refractivity contribution in [3.8, 4) is 0 Å². The molecule has 138 valence electrons. The second kappa shape index (κ2) is 7.70. The number of aliphatic carboxylic acids is 1. The third-order valence-corrected chi connectivity index (χ3v) is 6.28. The van der Waals surface area contributed by atoms with Crippen LogP contribution in [0, 0.1) is 0 Å². The van der Waals surface area contributed by atoms with Crippen LogP contribution in [-0.4, -0.2) is 30.7 Å². The van der Waals surface area contributed by atoms with Crippen molar-refractivity contribution in [2.45, 2.75) is 36.8 Å². The van der Waals surface area contributed by atoms with E-state index in [1.54, 1.807) is 57.2 Å². The molecular formula is C19H21NO5S. The number of carboxylic acids is 1. The second-order valence-corrected chi connectivity index (χ2v) is 8.70. The number of carbonyl (C=O) groups excluding carboxylic acids is 1. The minimum absolute atomic E-state index is 0.0254. The van der Waals surface area contributed by atoms with Gasteiger partial charge in [-0.1, -0.05) is 24.3 Å². The van der Waals surface area contributed by atoms with Crippen LogP contribution >= 0.6 is 0 Å². The van der Waals surface area contributed by atoms with Crippen molar-refractivity contribution in [1.82, 2.24) is 0 Å². The van der Waals surface area contributed by atoms with Crippen molar-refractivity contribution >= 4 is 27.4 Å². The Morgan fingerprint density at radius 1 is 1.00 bits per heavy atom. The summed E-state index contributed by atoms with van der Waals surface area (Å²) < 4.78 is 25.0. The van der Waals surface area contributed by atoms with Crippen molar-refractivity contribution in [2.75, 3.05) is 5.32 Å². The third-order valence-electron chi connectivity index (χ3n) is 4.07. The van der Waals surface area contributed by atoms with Gasteiger partial charge < -0.3 is 10.4 Å². The van der Waals surface area contributed by atoms with E-state index in [4.69, 9.17) is 5.11 Å². The number of carbonyl (C=O) groups is 2. The first-order chi connectivity index (χ1) is 12.1. The smallest absolute Gasteiger partial charge is 0.310 e. The number of hydrogen-bond donors (Lipinski definition) is 2. The molecule has 1 unspecified atom stereocenters. The van der Waals surface area contributed by atoms with Crippen LogP contribution < -0.4 is 5.32 Å². The molecule has 0 heterocycles. The van der Waals surface area contributed by atoms with Gasteiger partial charge in [0.15, 0.2) is 9.84 Å². The van der Waals surface area contributed by atoms with Crippen molar-refractivity contribution in [1.29, 1.82) is 0 Å². The summed E-state index contributed by atoms with van der Waals surface area (Å²) >= 11 is 0. The topological polar surface area (TPSA) is 101 Å². The van der Waals surface area contributed by atoms with Gasteiger partial charge in [0.25, 0.3) is 5.91 Å². The summed E-state index contributed by atoms with van der Waals surface area (Å²) in [5.41, 5.74) is 0.994. The fraction of sp³-hybridized carbons (Fsp3) is 0.263. The van der Waals surface area contributed by atoms with Gasteiger partial charge in [0.1, 0.15) is 0 Å². The molecule has 6 nitrogen and oxygen atoms in total. The molecule has 2 aromatic rings. The van der Waals surface area contributed by atoms with E-state index < -0.39 is 32.9 Å². The van der Waals surface area contributed by atoms with Crippen LogP contribution in [0.15, 0.2) is 53.4 Å². The first-order valence-corrected chi connectivity index (χ1v) is 9.66. The highest BCUT2D eigenvalue weighted by molar-refractivity contribution is 7.92. The lowest BCUT2D eigenvalue weighted by Gasteiger charge is -2.14. The SMILES string of the molecule is CC(C(=O)O)c1cccc(NC(=O)c2ccccc2S(=O)(=O)C(C)C)c1. The minimum Gasteiger partial charge on any atom is -0.481 e. The molecule has 0 fully saturated rings. The van der Waals surface area contributed by atoms with Crippen LogP contribution in [0.2, 0.25) is 0 Å². The number of rotatable bonds is 6. The van der Waals surface area contributed by atoms with Gasteiger partial charge in [0.05, 0.1) is 21.6 Å². The van der Waals surface area contributed by atoms with Gasteiger partial charge in [-0.3, -0.25) is 9.59 Å². The van der Waals surface area contributed by atoms with Crippen LogP contribution in [0.1, 0.15) is 42.6 Å². The van der Waals surface area contributed by atoms with E-state index in [1.165, 1.54) is 12.1 Å². The molecule has 0 radical (unpaired) electrons. The number of sulfone groups is 1. The van der Waals surface area contributed by atoms with Gasteiger partial charge in [0.2, 0.25) is 0 Å². The van der Waals surface area contributed by atoms with Crippen molar-refractivity contribution < 1.29 is 23.1 Å². The molecule has 1 atom stereocenters. The van der Waals surface area contributed by atoms with Gasteiger partial charge in [0, 0.05) is 5.69 Å². The molecule has 1 amide bonds. The first kappa shape index (κ1) is 19.7. The molecule has 7 heteroatoms. The average Bonchev–Trinajstić information content (AvgIpc) is 2.61. The Morgan fingerprint density at radius 2 is 1.65 bits per heavy atom. The summed E-state index contributed by atoms with van der Waals surface area (Å²) in [4.78, 5) is 23.7. The fourth-order valence-corrected chi connectivity index (χ4v) is 3.63. The lowest BCUT2D eigenvalue weighted by atomic mass is 10.0. The molecule has 0 saturated carbocycles. The summed E-state index contributed by atoms with van der Waals surface area (Å²) in [5.74, 6) is -2.26. The van der Waals surface area contributed by atoms with Gasteiger partial charge in [-0.25, -0.2) is 8.42 Å². The van der Waals surface area contributed by atoms with Gasteiger partial charge in [-0.2, -0.15) is 0 Å². The Kier molecular flexibility index (Phi) is 5.82. The average molecular weight is 375 g/mol. The molecule has 26 heavy (non-hydrogen) atoms.